The molecule has 2 N–H and O–H groups in total. The van der Waals surface area contributed by atoms with Crippen molar-refractivity contribution in [1.82, 2.24) is 10.6 Å². The zero-order valence-electron chi connectivity index (χ0n) is 21.8. The first-order valence-electron chi connectivity index (χ1n) is 12.6. The smallest absolute Gasteiger partial charge is 0.344 e. The van der Waals surface area contributed by atoms with Gasteiger partial charge in [-0.1, -0.05) is 91.6 Å². The van der Waals surface area contributed by atoms with Gasteiger partial charge in [-0.3, -0.25) is 14.4 Å². The number of amides is 2. The summed E-state index contributed by atoms with van der Waals surface area (Å²) in [5, 5.41) is 5.89. The highest BCUT2D eigenvalue weighted by Gasteiger charge is 2.45. The number of Topliss-reactive ketones (excluding diaryl/α,β-unsaturated/α-hetero) is 1. The van der Waals surface area contributed by atoms with Crippen LogP contribution in [0.2, 0.25) is 10.0 Å². The molecule has 5 nitrogen and oxygen atoms in total. The van der Waals surface area contributed by atoms with Crippen LogP contribution in [0.4, 0.5) is 13.2 Å². The Bertz CT molecular complexity index is 1300. The monoisotopic (exact) mass is 592 g/mol. The number of hydrogen-bond donors (Lipinski definition) is 2. The molecule has 3 aromatic carbocycles. The van der Waals surface area contributed by atoms with Gasteiger partial charge in [-0.25, -0.2) is 0 Å². The van der Waals surface area contributed by atoms with Crippen molar-refractivity contribution < 1.29 is 27.6 Å². The number of carbonyl (C=O) groups excluding carboxylic acids is 3. The van der Waals surface area contributed by atoms with Gasteiger partial charge >= 0.3 is 6.18 Å². The Labute approximate surface area is 241 Å². The average Bonchev–Trinajstić information content (AvgIpc) is 2.91. The van der Waals surface area contributed by atoms with Crippen LogP contribution in [0.15, 0.2) is 78.9 Å². The Morgan fingerprint density at radius 3 is 1.82 bits per heavy atom. The minimum absolute atomic E-state index is 0.0310. The van der Waals surface area contributed by atoms with E-state index in [2.05, 4.69) is 10.6 Å². The van der Waals surface area contributed by atoms with E-state index in [0.717, 1.165) is 11.1 Å². The van der Waals surface area contributed by atoms with Crippen molar-refractivity contribution in [3.05, 3.63) is 106 Å². The fraction of sp³-hybridized carbons (Fsp3) is 0.300. The molecule has 0 spiro atoms. The van der Waals surface area contributed by atoms with E-state index in [9.17, 15) is 27.6 Å². The highest BCUT2D eigenvalue weighted by Crippen LogP contribution is 2.29. The maximum atomic E-state index is 13.4. The number of benzene rings is 3. The van der Waals surface area contributed by atoms with Crippen molar-refractivity contribution in [2.75, 3.05) is 0 Å². The fourth-order valence-corrected chi connectivity index (χ4v) is 4.53. The minimum atomic E-state index is -5.13. The van der Waals surface area contributed by atoms with Gasteiger partial charge in [0, 0.05) is 28.8 Å². The molecule has 1 unspecified atom stereocenters. The van der Waals surface area contributed by atoms with Gasteiger partial charge in [0.2, 0.25) is 11.8 Å². The van der Waals surface area contributed by atoms with E-state index < -0.39 is 41.8 Å². The summed E-state index contributed by atoms with van der Waals surface area (Å²) in [5.41, 5.74) is 2.29. The number of ketones is 1. The molecule has 0 aliphatic rings. The average molecular weight is 593 g/mol. The van der Waals surface area contributed by atoms with Crippen molar-refractivity contribution >= 4 is 40.8 Å². The van der Waals surface area contributed by atoms with Crippen LogP contribution in [-0.2, 0) is 20.8 Å². The number of hydrogen-bond acceptors (Lipinski definition) is 3. The third-order valence-corrected chi connectivity index (χ3v) is 6.90. The SMILES string of the molecule is CC(C)[C@H](NC(=O)[C@H](Cc1ccc(Cl)cc1)NC(=O)CC(c1ccccc1)c1ccc(Cl)cc1)C(=O)C(F)(F)F. The molecule has 10 heteroatoms. The van der Waals surface area contributed by atoms with Gasteiger partial charge in [0.05, 0.1) is 6.04 Å². The Hall–Kier alpha value is -3.36. The Kier molecular flexibility index (Phi) is 10.8. The first-order valence-corrected chi connectivity index (χ1v) is 13.4. The van der Waals surface area contributed by atoms with Crippen molar-refractivity contribution in [3.63, 3.8) is 0 Å². The number of carbonyl (C=O) groups is 3. The molecule has 0 aliphatic carbocycles. The summed E-state index contributed by atoms with van der Waals surface area (Å²) in [6.07, 6.45) is -5.21. The Balaban J connectivity index is 1.87. The highest BCUT2D eigenvalue weighted by atomic mass is 35.5. The van der Waals surface area contributed by atoms with Crippen molar-refractivity contribution in [1.29, 1.82) is 0 Å². The third kappa shape index (κ3) is 8.83. The lowest BCUT2D eigenvalue weighted by molar-refractivity contribution is -0.175. The molecule has 3 aromatic rings. The molecular weight excluding hydrogens is 564 g/mol. The fourth-order valence-electron chi connectivity index (χ4n) is 4.28. The molecule has 0 bridgehead atoms. The number of nitrogens with one attached hydrogen (secondary N) is 2. The largest absolute Gasteiger partial charge is 0.452 e. The van der Waals surface area contributed by atoms with Crippen LogP contribution in [0.3, 0.4) is 0 Å². The van der Waals surface area contributed by atoms with E-state index in [1.807, 2.05) is 30.3 Å². The summed E-state index contributed by atoms with van der Waals surface area (Å²) in [6.45, 7) is 2.80. The number of halogens is 5. The summed E-state index contributed by atoms with van der Waals surface area (Å²) in [4.78, 5) is 38.6. The van der Waals surface area contributed by atoms with Crippen LogP contribution < -0.4 is 10.6 Å². The molecule has 3 atom stereocenters. The molecule has 40 heavy (non-hydrogen) atoms. The van der Waals surface area contributed by atoms with Gasteiger partial charge in [-0.05, 0) is 46.9 Å². The molecular formula is C30H29Cl2F3N2O3. The summed E-state index contributed by atoms with van der Waals surface area (Å²) >= 11 is 12.0. The van der Waals surface area contributed by atoms with Crippen LogP contribution >= 0.6 is 23.2 Å². The topological polar surface area (TPSA) is 75.3 Å². The Morgan fingerprint density at radius 1 is 0.775 bits per heavy atom. The molecule has 3 rings (SSSR count). The van der Waals surface area contributed by atoms with E-state index in [0.29, 0.717) is 15.6 Å². The number of rotatable bonds is 11. The predicted molar refractivity (Wildman–Crippen MR) is 149 cm³/mol. The molecule has 0 aromatic heterocycles. The van der Waals surface area contributed by atoms with Gasteiger partial charge in [0.15, 0.2) is 0 Å². The van der Waals surface area contributed by atoms with Crippen molar-refractivity contribution in [2.45, 2.75) is 50.9 Å². The summed E-state index contributed by atoms with van der Waals surface area (Å²) in [6, 6.07) is 19.8. The molecule has 0 saturated heterocycles. The van der Waals surface area contributed by atoms with Gasteiger partial charge in [0.1, 0.15) is 6.04 Å². The molecule has 0 aliphatic heterocycles. The molecule has 0 fully saturated rings. The molecule has 212 valence electrons. The Morgan fingerprint density at radius 2 is 1.30 bits per heavy atom. The van der Waals surface area contributed by atoms with E-state index in [4.69, 9.17) is 23.2 Å². The van der Waals surface area contributed by atoms with E-state index in [1.165, 1.54) is 13.8 Å². The van der Waals surface area contributed by atoms with Gasteiger partial charge in [-0.2, -0.15) is 13.2 Å². The van der Waals surface area contributed by atoms with Crippen LogP contribution in [-0.4, -0.2) is 35.9 Å². The highest BCUT2D eigenvalue weighted by molar-refractivity contribution is 6.30. The second-order valence-electron chi connectivity index (χ2n) is 9.76. The maximum Gasteiger partial charge on any atom is 0.452 e. The minimum Gasteiger partial charge on any atom is -0.344 e. The van der Waals surface area contributed by atoms with Crippen LogP contribution in [0.1, 0.15) is 42.9 Å². The van der Waals surface area contributed by atoms with Gasteiger partial charge < -0.3 is 10.6 Å². The van der Waals surface area contributed by atoms with E-state index in [1.54, 1.807) is 48.5 Å². The summed E-state index contributed by atoms with van der Waals surface area (Å²) in [7, 11) is 0. The summed E-state index contributed by atoms with van der Waals surface area (Å²) in [5.74, 6) is -4.67. The lowest BCUT2D eigenvalue weighted by Crippen LogP contribution is -2.56. The van der Waals surface area contributed by atoms with Gasteiger partial charge in [0.25, 0.3) is 5.78 Å². The third-order valence-electron chi connectivity index (χ3n) is 6.39. The van der Waals surface area contributed by atoms with Gasteiger partial charge in [-0.15, -0.1) is 0 Å². The summed E-state index contributed by atoms with van der Waals surface area (Å²) < 4.78 is 39.6. The lowest BCUT2D eigenvalue weighted by atomic mass is 9.88. The normalized spacial score (nSPS) is 13.8. The first kappa shape index (κ1) is 31.2. The zero-order chi connectivity index (χ0) is 29.4. The lowest BCUT2D eigenvalue weighted by Gasteiger charge is -2.26. The number of alkyl halides is 3. The van der Waals surface area contributed by atoms with Crippen molar-refractivity contribution in [2.24, 2.45) is 5.92 Å². The van der Waals surface area contributed by atoms with Crippen molar-refractivity contribution in [3.8, 4) is 0 Å². The van der Waals surface area contributed by atoms with E-state index in [-0.39, 0.29) is 18.8 Å². The molecule has 0 heterocycles. The standard InChI is InChI=1S/C30H29Cl2F3N2O3/c1-18(2)27(28(39)30(33,34)35)37-29(40)25(16-19-8-12-22(31)13-9-19)36-26(38)17-24(20-6-4-3-5-7-20)21-10-14-23(32)15-11-21/h3-15,18,24-25,27H,16-17H2,1-2H3,(H,36,38)(H,37,40)/t24?,25-,27-/m0/s1. The van der Waals surface area contributed by atoms with Crippen LogP contribution in [0, 0.1) is 5.92 Å². The first-order chi connectivity index (χ1) is 18.8. The molecule has 2 amide bonds. The molecule has 0 saturated carbocycles. The van der Waals surface area contributed by atoms with E-state index >= 15 is 0 Å². The second-order valence-corrected chi connectivity index (χ2v) is 10.6. The molecule has 0 radical (unpaired) electrons. The second kappa shape index (κ2) is 13.8. The zero-order valence-corrected chi connectivity index (χ0v) is 23.4. The predicted octanol–water partition coefficient (Wildman–Crippen LogP) is 6.52. The quantitative estimate of drug-likeness (QED) is 0.266. The van der Waals surface area contributed by atoms with Crippen LogP contribution in [0.5, 0.6) is 0 Å². The maximum absolute atomic E-state index is 13.4. The van der Waals surface area contributed by atoms with Crippen LogP contribution in [0.25, 0.3) is 0 Å².